The number of aromatic nitrogens is 1. The van der Waals surface area contributed by atoms with Crippen LogP contribution in [0.15, 0.2) is 34.8 Å². The van der Waals surface area contributed by atoms with Crippen molar-refractivity contribution in [2.45, 2.75) is 12.8 Å². The van der Waals surface area contributed by atoms with Gasteiger partial charge in [0.05, 0.1) is 13.0 Å². The summed E-state index contributed by atoms with van der Waals surface area (Å²) in [6, 6.07) is 8.47. The molecule has 2 aromatic rings. The molecular formula is C16H16BrNO4. The molecule has 0 amide bonds. The minimum atomic E-state index is -0.934. The quantitative estimate of drug-likeness (QED) is 0.826. The van der Waals surface area contributed by atoms with Gasteiger partial charge in [-0.05, 0) is 53.2 Å². The molecule has 1 atom stereocenters. The van der Waals surface area contributed by atoms with Crippen molar-refractivity contribution >= 4 is 27.7 Å². The predicted molar refractivity (Wildman–Crippen MR) is 85.6 cm³/mol. The van der Waals surface area contributed by atoms with Crippen molar-refractivity contribution in [2.24, 2.45) is 7.05 Å². The number of rotatable bonds is 5. The van der Waals surface area contributed by atoms with E-state index in [1.54, 1.807) is 56.0 Å². The Morgan fingerprint density at radius 2 is 1.86 bits per heavy atom. The predicted octanol–water partition coefficient (Wildman–Crippen LogP) is 3.22. The first kappa shape index (κ1) is 16.3. The summed E-state index contributed by atoms with van der Waals surface area (Å²) in [5.41, 5.74) is 1.50. The van der Waals surface area contributed by atoms with Gasteiger partial charge in [0.1, 0.15) is 11.4 Å². The van der Waals surface area contributed by atoms with Crippen molar-refractivity contribution in [1.82, 2.24) is 4.57 Å². The molecular weight excluding hydrogens is 350 g/mol. The van der Waals surface area contributed by atoms with Crippen LogP contribution in [-0.2, 0) is 11.8 Å². The largest absolute Gasteiger partial charge is 0.497 e. The molecule has 2 rings (SSSR count). The van der Waals surface area contributed by atoms with Gasteiger partial charge >= 0.3 is 5.97 Å². The van der Waals surface area contributed by atoms with Crippen LogP contribution in [0.25, 0.3) is 0 Å². The van der Waals surface area contributed by atoms with Gasteiger partial charge in [0.15, 0.2) is 0 Å². The van der Waals surface area contributed by atoms with Crippen molar-refractivity contribution in [3.63, 3.8) is 0 Å². The highest BCUT2D eigenvalue weighted by molar-refractivity contribution is 9.10. The van der Waals surface area contributed by atoms with Crippen molar-refractivity contribution in [1.29, 1.82) is 0 Å². The summed E-state index contributed by atoms with van der Waals surface area (Å²) in [7, 11) is 3.25. The molecule has 5 nitrogen and oxygen atoms in total. The zero-order chi connectivity index (χ0) is 16.4. The van der Waals surface area contributed by atoms with Gasteiger partial charge in [-0.3, -0.25) is 9.59 Å². The van der Waals surface area contributed by atoms with Crippen LogP contribution in [0.3, 0.4) is 0 Å². The highest BCUT2D eigenvalue weighted by atomic mass is 79.9. The first-order valence-corrected chi connectivity index (χ1v) is 7.42. The maximum absolute atomic E-state index is 12.7. The molecule has 0 bridgehead atoms. The maximum atomic E-state index is 12.7. The van der Waals surface area contributed by atoms with Crippen LogP contribution in [0.2, 0.25) is 0 Å². The monoisotopic (exact) mass is 365 g/mol. The van der Waals surface area contributed by atoms with Gasteiger partial charge in [0.25, 0.3) is 0 Å². The number of aliphatic carboxylic acids is 1. The Balaban J connectivity index is 2.43. The third-order valence-electron chi connectivity index (χ3n) is 3.60. The molecule has 1 heterocycles. The first-order valence-electron chi connectivity index (χ1n) is 6.63. The second-order valence-electron chi connectivity index (χ2n) is 4.94. The van der Waals surface area contributed by atoms with E-state index in [9.17, 15) is 9.59 Å². The van der Waals surface area contributed by atoms with Gasteiger partial charge in [-0.2, -0.15) is 0 Å². The molecule has 1 N–H and O–H groups in total. The summed E-state index contributed by atoms with van der Waals surface area (Å²) in [6.07, 6.45) is 0. The molecule has 0 aliphatic heterocycles. The lowest BCUT2D eigenvalue weighted by Gasteiger charge is -2.10. The van der Waals surface area contributed by atoms with Gasteiger partial charge in [0.2, 0.25) is 5.78 Å². The summed E-state index contributed by atoms with van der Waals surface area (Å²) in [4.78, 5) is 23.8. The smallest absolute Gasteiger partial charge is 0.312 e. The lowest BCUT2D eigenvalue weighted by molar-refractivity contribution is -0.138. The SMILES string of the molecule is COc1ccc(C(=O)c2c(Br)cc(C(C)C(=O)O)n2C)cc1. The Hall–Kier alpha value is -2.08. The van der Waals surface area contributed by atoms with E-state index in [4.69, 9.17) is 9.84 Å². The number of carbonyl (C=O) groups excluding carboxylic acids is 1. The summed E-state index contributed by atoms with van der Waals surface area (Å²) in [6.45, 7) is 1.59. The highest BCUT2D eigenvalue weighted by Gasteiger charge is 2.24. The molecule has 0 aliphatic carbocycles. The fourth-order valence-electron chi connectivity index (χ4n) is 2.27. The molecule has 6 heteroatoms. The van der Waals surface area contributed by atoms with E-state index < -0.39 is 11.9 Å². The van der Waals surface area contributed by atoms with Crippen LogP contribution in [0.4, 0.5) is 0 Å². The molecule has 1 aromatic carbocycles. The Labute approximate surface area is 136 Å². The topological polar surface area (TPSA) is 68.5 Å². The molecule has 0 saturated carbocycles. The summed E-state index contributed by atoms with van der Waals surface area (Å²) in [5.74, 6) is -1.14. The summed E-state index contributed by atoms with van der Waals surface area (Å²) in [5, 5.41) is 9.15. The standard InChI is InChI=1S/C16H16BrNO4/c1-9(16(20)21)13-8-12(17)14(18(13)2)15(19)10-4-6-11(22-3)7-5-10/h4-9H,1-3H3,(H,20,21). The second-order valence-corrected chi connectivity index (χ2v) is 5.80. The second kappa shape index (κ2) is 6.36. The molecule has 0 aliphatic rings. The van der Waals surface area contributed by atoms with E-state index >= 15 is 0 Å². The van der Waals surface area contributed by atoms with Crippen LogP contribution in [0.5, 0.6) is 5.75 Å². The zero-order valence-electron chi connectivity index (χ0n) is 12.5. The Morgan fingerprint density at radius 3 is 2.36 bits per heavy atom. The van der Waals surface area contributed by atoms with Crippen molar-refractivity contribution in [3.8, 4) is 5.75 Å². The zero-order valence-corrected chi connectivity index (χ0v) is 14.0. The number of carboxylic acids is 1. The summed E-state index contributed by atoms with van der Waals surface area (Å²) < 4.78 is 7.28. The Morgan fingerprint density at radius 1 is 1.27 bits per heavy atom. The van der Waals surface area contributed by atoms with Gasteiger partial charge in [-0.15, -0.1) is 0 Å². The normalized spacial score (nSPS) is 12.0. The average Bonchev–Trinajstić information content (AvgIpc) is 2.80. The lowest BCUT2D eigenvalue weighted by atomic mass is 10.1. The molecule has 1 aromatic heterocycles. The third-order valence-corrected chi connectivity index (χ3v) is 4.21. The number of carboxylic acid groups (broad SMARTS) is 1. The van der Waals surface area contributed by atoms with E-state index in [0.717, 1.165) is 0 Å². The number of ether oxygens (including phenoxy) is 1. The molecule has 116 valence electrons. The van der Waals surface area contributed by atoms with Crippen LogP contribution < -0.4 is 4.74 Å². The number of carbonyl (C=O) groups is 2. The highest BCUT2D eigenvalue weighted by Crippen LogP contribution is 2.28. The summed E-state index contributed by atoms with van der Waals surface area (Å²) >= 11 is 3.35. The van der Waals surface area contributed by atoms with E-state index in [1.807, 2.05) is 0 Å². The van der Waals surface area contributed by atoms with Gasteiger partial charge in [-0.1, -0.05) is 0 Å². The van der Waals surface area contributed by atoms with E-state index in [-0.39, 0.29) is 5.78 Å². The minimum Gasteiger partial charge on any atom is -0.497 e. The molecule has 0 radical (unpaired) electrons. The average molecular weight is 366 g/mol. The van der Waals surface area contributed by atoms with Crippen LogP contribution >= 0.6 is 15.9 Å². The number of benzene rings is 1. The lowest BCUT2D eigenvalue weighted by Crippen LogP contribution is -2.15. The first-order chi connectivity index (χ1) is 10.4. The number of halogens is 1. The number of ketones is 1. The minimum absolute atomic E-state index is 0.180. The molecule has 0 saturated heterocycles. The van der Waals surface area contributed by atoms with E-state index in [2.05, 4.69) is 15.9 Å². The van der Waals surface area contributed by atoms with E-state index in [1.165, 1.54) is 0 Å². The number of hydrogen-bond acceptors (Lipinski definition) is 3. The van der Waals surface area contributed by atoms with Gasteiger partial charge in [-0.25, -0.2) is 0 Å². The fraction of sp³-hybridized carbons (Fsp3) is 0.250. The molecule has 1 unspecified atom stereocenters. The number of nitrogens with zero attached hydrogens (tertiary/aromatic N) is 1. The van der Waals surface area contributed by atoms with Crippen molar-refractivity contribution in [2.75, 3.05) is 7.11 Å². The molecule has 0 fully saturated rings. The maximum Gasteiger partial charge on any atom is 0.312 e. The Bertz CT molecular complexity index is 718. The van der Waals surface area contributed by atoms with Crippen molar-refractivity contribution in [3.05, 3.63) is 51.8 Å². The van der Waals surface area contributed by atoms with Gasteiger partial charge < -0.3 is 14.4 Å². The van der Waals surface area contributed by atoms with Crippen molar-refractivity contribution < 1.29 is 19.4 Å². The molecule has 22 heavy (non-hydrogen) atoms. The number of methoxy groups -OCH3 is 1. The van der Waals surface area contributed by atoms with Gasteiger partial charge in [0, 0.05) is 22.8 Å². The molecule has 0 spiro atoms. The van der Waals surface area contributed by atoms with E-state index in [0.29, 0.717) is 27.2 Å². The fourth-order valence-corrected chi connectivity index (χ4v) is 2.95. The third kappa shape index (κ3) is 2.92. The number of hydrogen-bond donors (Lipinski definition) is 1. The van der Waals surface area contributed by atoms with Crippen LogP contribution in [-0.4, -0.2) is 28.5 Å². The Kier molecular flexibility index (Phi) is 4.71. The van der Waals surface area contributed by atoms with Crippen LogP contribution in [0, 0.1) is 0 Å². The van der Waals surface area contributed by atoms with Crippen LogP contribution in [0.1, 0.15) is 34.6 Å².